The van der Waals surface area contributed by atoms with Gasteiger partial charge in [0, 0.05) is 18.1 Å². The van der Waals surface area contributed by atoms with Gasteiger partial charge in [-0.25, -0.2) is 5.43 Å². The number of carbonyl (C=O) groups is 1. The van der Waals surface area contributed by atoms with Gasteiger partial charge in [-0.1, -0.05) is 48.0 Å². The van der Waals surface area contributed by atoms with Gasteiger partial charge in [-0.15, -0.1) is 0 Å². The number of aliphatic hydroxyl groups is 1. The molecule has 2 aromatic carbocycles. The van der Waals surface area contributed by atoms with Crippen LogP contribution in [0.4, 0.5) is 5.69 Å². The van der Waals surface area contributed by atoms with Gasteiger partial charge in [0.15, 0.2) is 0 Å². The molecule has 0 radical (unpaired) electrons. The third kappa shape index (κ3) is 5.66. The molecule has 25 heavy (non-hydrogen) atoms. The second-order valence-electron chi connectivity index (χ2n) is 5.23. The highest BCUT2D eigenvalue weighted by molar-refractivity contribution is 6.32. The van der Waals surface area contributed by atoms with Crippen molar-refractivity contribution in [1.29, 1.82) is 0 Å². The summed E-state index contributed by atoms with van der Waals surface area (Å²) >= 11 is 5.72. The first-order valence-electron chi connectivity index (χ1n) is 7.46. The molecule has 0 aliphatic heterocycles. The van der Waals surface area contributed by atoms with E-state index in [2.05, 4.69) is 10.5 Å². The van der Waals surface area contributed by atoms with Crippen LogP contribution in [-0.4, -0.2) is 22.2 Å². The third-order valence-electron chi connectivity index (χ3n) is 3.40. The Labute approximate surface area is 149 Å². The van der Waals surface area contributed by atoms with Crippen molar-refractivity contribution in [2.24, 2.45) is 5.10 Å². The van der Waals surface area contributed by atoms with Crippen LogP contribution in [0.1, 0.15) is 30.1 Å². The smallest absolute Gasteiger partial charge is 0.288 e. The van der Waals surface area contributed by atoms with Crippen molar-refractivity contribution in [2.75, 3.05) is 0 Å². The summed E-state index contributed by atoms with van der Waals surface area (Å²) in [4.78, 5) is 21.9. The Morgan fingerprint density at radius 1 is 1.32 bits per heavy atom. The summed E-state index contributed by atoms with van der Waals surface area (Å²) in [7, 11) is 0. The Bertz CT molecular complexity index is 781. The van der Waals surface area contributed by atoms with Gasteiger partial charge in [-0.05, 0) is 18.1 Å². The molecule has 0 saturated heterocycles. The Morgan fingerprint density at radius 3 is 2.72 bits per heavy atom. The summed E-state index contributed by atoms with van der Waals surface area (Å²) in [5.41, 5.74) is 3.26. The molecule has 0 spiro atoms. The molecule has 1 atom stereocenters. The predicted molar refractivity (Wildman–Crippen MR) is 94.5 cm³/mol. The standard InChI is InChI=1S/C17H16ClN3O4/c18-14-7-6-12(10-15(14)21(24)25)11-19-20-17(23)9-8-16(22)13-4-2-1-3-5-13/h1-7,10-11,16,22H,8-9H2,(H,20,23)/b19-11-/t16-/m1/s1. The van der Waals surface area contributed by atoms with Gasteiger partial charge < -0.3 is 5.11 Å². The average molecular weight is 362 g/mol. The minimum Gasteiger partial charge on any atom is -0.388 e. The fraction of sp³-hybridized carbons (Fsp3) is 0.176. The first-order valence-corrected chi connectivity index (χ1v) is 7.84. The number of hydrogen-bond acceptors (Lipinski definition) is 5. The van der Waals surface area contributed by atoms with E-state index in [1.165, 1.54) is 18.3 Å². The molecule has 0 aromatic heterocycles. The van der Waals surface area contributed by atoms with Crippen LogP contribution >= 0.6 is 11.6 Å². The summed E-state index contributed by atoms with van der Waals surface area (Å²) in [5, 5.41) is 24.6. The molecule has 8 heteroatoms. The van der Waals surface area contributed by atoms with E-state index in [4.69, 9.17) is 11.6 Å². The molecule has 0 saturated carbocycles. The van der Waals surface area contributed by atoms with Gasteiger partial charge in [0.05, 0.1) is 17.2 Å². The maximum Gasteiger partial charge on any atom is 0.288 e. The Morgan fingerprint density at radius 2 is 2.04 bits per heavy atom. The second-order valence-corrected chi connectivity index (χ2v) is 5.63. The molecule has 1 amide bonds. The molecule has 0 aliphatic rings. The summed E-state index contributed by atoms with van der Waals surface area (Å²) in [6, 6.07) is 13.2. The molecule has 0 unspecified atom stereocenters. The number of halogens is 1. The topological polar surface area (TPSA) is 105 Å². The molecule has 7 nitrogen and oxygen atoms in total. The highest BCUT2D eigenvalue weighted by Crippen LogP contribution is 2.24. The summed E-state index contributed by atoms with van der Waals surface area (Å²) in [6.45, 7) is 0. The van der Waals surface area contributed by atoms with E-state index in [0.29, 0.717) is 5.56 Å². The van der Waals surface area contributed by atoms with Crippen LogP contribution in [0, 0.1) is 10.1 Å². The quantitative estimate of drug-likeness (QED) is 0.448. The molecule has 0 heterocycles. The number of amides is 1. The Kier molecular flexibility index (Phi) is 6.62. The zero-order valence-electron chi connectivity index (χ0n) is 13.1. The predicted octanol–water partition coefficient (Wildman–Crippen LogP) is 3.21. The molecular formula is C17H16ClN3O4. The highest BCUT2D eigenvalue weighted by Gasteiger charge is 2.12. The minimum absolute atomic E-state index is 0.0288. The SMILES string of the molecule is O=C(CC[C@@H](O)c1ccccc1)N/N=C\c1ccc(Cl)c([N+](=O)[O-])c1. The first-order chi connectivity index (χ1) is 12.0. The summed E-state index contributed by atoms with van der Waals surface area (Å²) < 4.78 is 0. The van der Waals surface area contributed by atoms with Gasteiger partial charge in [0.25, 0.3) is 5.69 Å². The van der Waals surface area contributed by atoms with E-state index in [0.717, 1.165) is 5.56 Å². The van der Waals surface area contributed by atoms with E-state index in [1.54, 1.807) is 18.2 Å². The maximum absolute atomic E-state index is 11.7. The molecule has 130 valence electrons. The van der Waals surface area contributed by atoms with Crippen molar-refractivity contribution in [1.82, 2.24) is 5.43 Å². The van der Waals surface area contributed by atoms with Crippen molar-refractivity contribution in [2.45, 2.75) is 18.9 Å². The van der Waals surface area contributed by atoms with Crippen LogP contribution in [0.5, 0.6) is 0 Å². The largest absolute Gasteiger partial charge is 0.388 e. The summed E-state index contributed by atoms with van der Waals surface area (Å²) in [6.07, 6.45) is 0.913. The summed E-state index contributed by atoms with van der Waals surface area (Å²) in [5.74, 6) is -0.366. The van der Waals surface area contributed by atoms with E-state index in [9.17, 15) is 20.0 Å². The number of carbonyl (C=O) groups excluding carboxylic acids is 1. The lowest BCUT2D eigenvalue weighted by Crippen LogP contribution is -2.18. The number of benzene rings is 2. The van der Waals surface area contributed by atoms with Crippen molar-refractivity contribution in [3.05, 3.63) is 74.8 Å². The fourth-order valence-corrected chi connectivity index (χ4v) is 2.28. The van der Waals surface area contributed by atoms with Crippen LogP contribution < -0.4 is 5.43 Å². The number of nitrogens with one attached hydrogen (secondary N) is 1. The lowest BCUT2D eigenvalue weighted by Gasteiger charge is -2.09. The van der Waals surface area contributed by atoms with Crippen LogP contribution in [0.2, 0.25) is 5.02 Å². The third-order valence-corrected chi connectivity index (χ3v) is 3.72. The van der Waals surface area contributed by atoms with E-state index >= 15 is 0 Å². The van der Waals surface area contributed by atoms with E-state index < -0.39 is 11.0 Å². The Balaban J connectivity index is 1.84. The molecule has 0 fully saturated rings. The van der Waals surface area contributed by atoms with Gasteiger partial charge in [0.1, 0.15) is 5.02 Å². The Hall–Kier alpha value is -2.77. The number of rotatable bonds is 7. The van der Waals surface area contributed by atoms with E-state index in [1.807, 2.05) is 18.2 Å². The van der Waals surface area contributed by atoms with Crippen LogP contribution in [0.15, 0.2) is 53.6 Å². The molecule has 0 bridgehead atoms. The van der Waals surface area contributed by atoms with Crippen molar-refractivity contribution in [3.8, 4) is 0 Å². The highest BCUT2D eigenvalue weighted by atomic mass is 35.5. The van der Waals surface area contributed by atoms with Crippen molar-refractivity contribution < 1.29 is 14.8 Å². The number of nitro groups is 1. The number of nitro benzene ring substituents is 1. The van der Waals surface area contributed by atoms with Crippen LogP contribution in [0.3, 0.4) is 0 Å². The number of aliphatic hydroxyl groups excluding tert-OH is 1. The lowest BCUT2D eigenvalue weighted by molar-refractivity contribution is -0.384. The number of nitrogens with zero attached hydrogens (tertiary/aromatic N) is 2. The lowest BCUT2D eigenvalue weighted by atomic mass is 10.1. The molecule has 2 N–H and O–H groups in total. The zero-order chi connectivity index (χ0) is 18.2. The van der Waals surface area contributed by atoms with E-state index in [-0.39, 0.29) is 29.5 Å². The van der Waals surface area contributed by atoms with Gasteiger partial charge in [-0.2, -0.15) is 5.10 Å². The second kappa shape index (κ2) is 8.91. The zero-order valence-corrected chi connectivity index (χ0v) is 13.9. The molecule has 2 rings (SSSR count). The van der Waals surface area contributed by atoms with Crippen molar-refractivity contribution >= 4 is 29.4 Å². The molecular weight excluding hydrogens is 346 g/mol. The number of hydrogen-bond donors (Lipinski definition) is 2. The number of hydrazone groups is 1. The minimum atomic E-state index is -0.727. The van der Waals surface area contributed by atoms with Crippen molar-refractivity contribution in [3.63, 3.8) is 0 Å². The van der Waals surface area contributed by atoms with Gasteiger partial charge >= 0.3 is 0 Å². The van der Waals surface area contributed by atoms with Crippen LogP contribution in [0.25, 0.3) is 0 Å². The maximum atomic E-state index is 11.7. The van der Waals surface area contributed by atoms with Gasteiger partial charge in [-0.3, -0.25) is 14.9 Å². The monoisotopic (exact) mass is 361 g/mol. The normalized spacial score (nSPS) is 12.1. The molecule has 2 aromatic rings. The fourth-order valence-electron chi connectivity index (χ4n) is 2.09. The first kappa shape index (κ1) is 18.6. The van der Waals surface area contributed by atoms with Gasteiger partial charge in [0.2, 0.25) is 5.91 Å². The average Bonchev–Trinajstić information content (AvgIpc) is 2.61. The van der Waals surface area contributed by atoms with Crippen LogP contribution in [-0.2, 0) is 4.79 Å². The molecule has 0 aliphatic carbocycles.